The average molecular weight is 420 g/mol. The lowest BCUT2D eigenvalue weighted by atomic mass is 9.98. The number of pyridine rings is 2. The predicted octanol–water partition coefficient (Wildman–Crippen LogP) is 4.33. The summed E-state index contributed by atoms with van der Waals surface area (Å²) in [5.41, 5.74) is -1.53. The van der Waals surface area contributed by atoms with E-state index in [2.05, 4.69) is 36.1 Å². The van der Waals surface area contributed by atoms with Crippen molar-refractivity contribution < 1.29 is 18.0 Å². The third-order valence-electron chi connectivity index (χ3n) is 5.25. The van der Waals surface area contributed by atoms with Crippen LogP contribution in [0, 0.1) is 5.92 Å². The average Bonchev–Trinajstić information content (AvgIpc) is 2.72. The van der Waals surface area contributed by atoms with Crippen molar-refractivity contribution in [3.63, 3.8) is 0 Å². The Balaban J connectivity index is 1.98. The van der Waals surface area contributed by atoms with Crippen LogP contribution in [0.25, 0.3) is 0 Å². The van der Waals surface area contributed by atoms with Crippen LogP contribution in [-0.2, 0) is 6.18 Å². The van der Waals surface area contributed by atoms with E-state index in [1.165, 1.54) is 30.6 Å². The topological polar surface area (TPSA) is 58.1 Å². The molecule has 1 N–H and O–H groups in total. The van der Waals surface area contributed by atoms with Crippen LogP contribution in [0.15, 0.2) is 36.7 Å². The maximum Gasteiger partial charge on any atom is 0.418 e. The number of piperazine rings is 1. The van der Waals surface area contributed by atoms with Crippen molar-refractivity contribution >= 4 is 11.6 Å². The Kier molecular flexibility index (Phi) is 6.75. The minimum absolute atomic E-state index is 0.0806. The summed E-state index contributed by atoms with van der Waals surface area (Å²) >= 11 is 0. The fourth-order valence-electron chi connectivity index (χ4n) is 3.85. The molecule has 0 radical (unpaired) electrons. The zero-order valence-electron chi connectivity index (χ0n) is 17.4. The smallest absolute Gasteiger partial charge is 0.353 e. The standard InChI is InChI=1S/C22H27F3N4O/c1-4-16-12-29(13-17(27-16)10-14(2)3)19-8-7-18(22(23,24)25)20(28-19)21(30)15-6-5-9-26-11-15/h5-9,11,14,16-17,27H,4,10,12-13H2,1-3H3/t16-,17+/m1/s1. The quantitative estimate of drug-likeness (QED) is 0.705. The van der Waals surface area contributed by atoms with Crippen LogP contribution in [0.4, 0.5) is 19.0 Å². The van der Waals surface area contributed by atoms with Gasteiger partial charge in [-0.15, -0.1) is 0 Å². The van der Waals surface area contributed by atoms with Gasteiger partial charge in [0, 0.05) is 43.1 Å². The molecule has 1 fully saturated rings. The number of hydrogen-bond donors (Lipinski definition) is 1. The van der Waals surface area contributed by atoms with Gasteiger partial charge in [0.15, 0.2) is 0 Å². The largest absolute Gasteiger partial charge is 0.418 e. The lowest BCUT2D eigenvalue weighted by molar-refractivity contribution is -0.138. The predicted molar refractivity (Wildman–Crippen MR) is 110 cm³/mol. The summed E-state index contributed by atoms with van der Waals surface area (Å²) in [6.45, 7) is 7.62. The van der Waals surface area contributed by atoms with Crippen molar-refractivity contribution in [3.8, 4) is 0 Å². The van der Waals surface area contributed by atoms with E-state index >= 15 is 0 Å². The van der Waals surface area contributed by atoms with Gasteiger partial charge in [-0.3, -0.25) is 9.78 Å². The number of nitrogens with zero attached hydrogens (tertiary/aromatic N) is 3. The Hall–Kier alpha value is -2.48. The number of anilines is 1. The van der Waals surface area contributed by atoms with Crippen molar-refractivity contribution in [2.24, 2.45) is 5.92 Å². The molecule has 0 bridgehead atoms. The zero-order chi connectivity index (χ0) is 21.9. The van der Waals surface area contributed by atoms with Crippen LogP contribution in [-0.4, -0.2) is 40.9 Å². The maximum absolute atomic E-state index is 13.6. The molecule has 2 aromatic rings. The Morgan fingerprint density at radius 2 is 1.97 bits per heavy atom. The van der Waals surface area contributed by atoms with Gasteiger partial charge >= 0.3 is 6.18 Å². The first-order valence-corrected chi connectivity index (χ1v) is 10.2. The van der Waals surface area contributed by atoms with E-state index in [-0.39, 0.29) is 17.6 Å². The van der Waals surface area contributed by atoms with E-state index in [0.717, 1.165) is 18.9 Å². The molecule has 162 valence electrons. The highest BCUT2D eigenvalue weighted by atomic mass is 19.4. The second-order valence-corrected chi connectivity index (χ2v) is 8.14. The van der Waals surface area contributed by atoms with Crippen LogP contribution >= 0.6 is 0 Å². The van der Waals surface area contributed by atoms with Gasteiger partial charge in [0.1, 0.15) is 11.5 Å². The molecule has 0 spiro atoms. The van der Waals surface area contributed by atoms with Crippen molar-refractivity contribution in [3.05, 3.63) is 53.5 Å². The molecule has 2 aromatic heterocycles. The zero-order valence-corrected chi connectivity index (χ0v) is 17.4. The van der Waals surface area contributed by atoms with E-state index in [0.29, 0.717) is 24.8 Å². The number of ketones is 1. The molecule has 0 amide bonds. The number of rotatable bonds is 6. The molecule has 0 aromatic carbocycles. The molecule has 0 aliphatic carbocycles. The Bertz CT molecular complexity index is 870. The van der Waals surface area contributed by atoms with Crippen LogP contribution in [0.5, 0.6) is 0 Å². The molecule has 8 heteroatoms. The first-order valence-electron chi connectivity index (χ1n) is 10.2. The molecular formula is C22H27F3N4O. The number of nitrogens with one attached hydrogen (secondary N) is 1. The number of hydrogen-bond acceptors (Lipinski definition) is 5. The Morgan fingerprint density at radius 3 is 2.57 bits per heavy atom. The Morgan fingerprint density at radius 1 is 1.23 bits per heavy atom. The molecule has 5 nitrogen and oxygen atoms in total. The number of carbonyl (C=O) groups is 1. The van der Waals surface area contributed by atoms with E-state index < -0.39 is 23.2 Å². The molecular weight excluding hydrogens is 393 g/mol. The number of aromatic nitrogens is 2. The second kappa shape index (κ2) is 9.12. The second-order valence-electron chi connectivity index (χ2n) is 8.14. The first-order chi connectivity index (χ1) is 14.2. The summed E-state index contributed by atoms with van der Waals surface area (Å²) in [6.07, 6.45) is -0.101. The van der Waals surface area contributed by atoms with Crippen molar-refractivity contribution in [2.45, 2.75) is 51.9 Å². The van der Waals surface area contributed by atoms with Crippen LogP contribution in [0.2, 0.25) is 0 Å². The first kappa shape index (κ1) is 22.2. The highest BCUT2D eigenvalue weighted by molar-refractivity contribution is 6.08. The van der Waals surface area contributed by atoms with Crippen molar-refractivity contribution in [2.75, 3.05) is 18.0 Å². The SMILES string of the molecule is CC[C@@H]1CN(c2ccc(C(F)(F)F)c(C(=O)c3cccnc3)n2)C[C@H](CC(C)C)N1. The molecule has 30 heavy (non-hydrogen) atoms. The number of alkyl halides is 3. The minimum Gasteiger partial charge on any atom is -0.353 e. The normalized spacial score (nSPS) is 19.9. The van der Waals surface area contributed by atoms with Crippen molar-refractivity contribution in [1.82, 2.24) is 15.3 Å². The van der Waals surface area contributed by atoms with Gasteiger partial charge in [0.05, 0.1) is 5.56 Å². The van der Waals surface area contributed by atoms with E-state index in [4.69, 9.17) is 0 Å². The molecule has 2 atom stereocenters. The molecule has 1 aliphatic heterocycles. The summed E-state index contributed by atoms with van der Waals surface area (Å²) in [4.78, 5) is 22.9. The lowest BCUT2D eigenvalue weighted by Crippen LogP contribution is -2.57. The third kappa shape index (κ3) is 5.16. The molecule has 0 unspecified atom stereocenters. The third-order valence-corrected chi connectivity index (χ3v) is 5.25. The summed E-state index contributed by atoms with van der Waals surface area (Å²) in [6, 6.07) is 5.72. The van der Waals surface area contributed by atoms with Crippen LogP contribution in [0.1, 0.15) is 55.2 Å². The molecule has 3 rings (SSSR count). The van der Waals surface area contributed by atoms with Gasteiger partial charge in [-0.2, -0.15) is 13.2 Å². The van der Waals surface area contributed by atoms with Crippen LogP contribution < -0.4 is 10.2 Å². The molecule has 1 saturated heterocycles. The summed E-state index contributed by atoms with van der Waals surface area (Å²) in [5.74, 6) is 0.102. The van der Waals surface area contributed by atoms with Gasteiger partial charge in [0.2, 0.25) is 5.78 Å². The maximum atomic E-state index is 13.6. The minimum atomic E-state index is -4.67. The fourth-order valence-corrected chi connectivity index (χ4v) is 3.85. The Labute approximate surface area is 174 Å². The highest BCUT2D eigenvalue weighted by Gasteiger charge is 2.37. The van der Waals surface area contributed by atoms with E-state index in [1.54, 1.807) is 0 Å². The van der Waals surface area contributed by atoms with Crippen molar-refractivity contribution in [1.29, 1.82) is 0 Å². The molecule has 3 heterocycles. The summed E-state index contributed by atoms with van der Waals surface area (Å²) in [5, 5.41) is 3.61. The van der Waals surface area contributed by atoms with Gasteiger partial charge < -0.3 is 10.2 Å². The van der Waals surface area contributed by atoms with Gasteiger partial charge in [-0.25, -0.2) is 4.98 Å². The summed E-state index contributed by atoms with van der Waals surface area (Å²) in [7, 11) is 0. The van der Waals surface area contributed by atoms with E-state index in [1.807, 2.05) is 4.90 Å². The van der Waals surface area contributed by atoms with Crippen LogP contribution in [0.3, 0.4) is 0 Å². The highest BCUT2D eigenvalue weighted by Crippen LogP contribution is 2.34. The summed E-state index contributed by atoms with van der Waals surface area (Å²) < 4.78 is 40.8. The number of halogens is 3. The van der Waals surface area contributed by atoms with Gasteiger partial charge in [0.25, 0.3) is 0 Å². The lowest BCUT2D eigenvalue weighted by Gasteiger charge is -2.40. The number of carbonyl (C=O) groups excluding carboxylic acids is 1. The monoisotopic (exact) mass is 420 g/mol. The fraction of sp³-hybridized carbons (Fsp3) is 0.500. The molecule has 0 saturated carbocycles. The van der Waals surface area contributed by atoms with Gasteiger partial charge in [-0.1, -0.05) is 20.8 Å². The van der Waals surface area contributed by atoms with E-state index in [9.17, 15) is 18.0 Å². The van der Waals surface area contributed by atoms with Gasteiger partial charge in [-0.05, 0) is 43.0 Å². The molecule has 1 aliphatic rings.